The molecule has 2 aromatic rings. The Morgan fingerprint density at radius 3 is 2.58 bits per heavy atom. The van der Waals surface area contributed by atoms with E-state index in [0.717, 1.165) is 18.4 Å². The molecule has 0 N–H and O–H groups in total. The first-order chi connectivity index (χ1) is 11.8. The Balaban J connectivity index is 1.38. The molecule has 1 unspecified atom stereocenters. The molecule has 2 aliphatic rings. The SMILES string of the molecule is O=C(C1CCCO1)N1CCN(c2nnc(-c3ccccc3)o2)CC1. The van der Waals surface area contributed by atoms with Gasteiger partial charge in [0.2, 0.25) is 5.89 Å². The summed E-state index contributed by atoms with van der Waals surface area (Å²) in [5.74, 6) is 0.631. The van der Waals surface area contributed by atoms with Crippen molar-refractivity contribution in [2.45, 2.75) is 18.9 Å². The van der Waals surface area contributed by atoms with Crippen LogP contribution in [0.5, 0.6) is 0 Å². The highest BCUT2D eigenvalue weighted by Crippen LogP contribution is 2.23. The van der Waals surface area contributed by atoms with Gasteiger partial charge in [-0.1, -0.05) is 23.3 Å². The van der Waals surface area contributed by atoms with Crippen LogP contribution in [0.4, 0.5) is 6.01 Å². The molecule has 2 fully saturated rings. The molecular formula is C17H20N4O3. The highest BCUT2D eigenvalue weighted by molar-refractivity contribution is 5.81. The molecule has 0 bridgehead atoms. The van der Waals surface area contributed by atoms with Crippen LogP contribution in [0.25, 0.3) is 11.5 Å². The lowest BCUT2D eigenvalue weighted by molar-refractivity contribution is -0.141. The molecule has 0 radical (unpaired) electrons. The van der Waals surface area contributed by atoms with Crippen molar-refractivity contribution in [1.82, 2.24) is 15.1 Å². The Bertz CT molecular complexity index is 689. The number of benzene rings is 1. The van der Waals surface area contributed by atoms with E-state index in [-0.39, 0.29) is 12.0 Å². The molecule has 1 atom stereocenters. The monoisotopic (exact) mass is 328 g/mol. The molecule has 7 nitrogen and oxygen atoms in total. The predicted octanol–water partition coefficient (Wildman–Crippen LogP) is 1.56. The highest BCUT2D eigenvalue weighted by Gasteiger charge is 2.31. The van der Waals surface area contributed by atoms with Crippen LogP contribution in [0.15, 0.2) is 34.7 Å². The first-order valence-corrected chi connectivity index (χ1v) is 8.35. The minimum absolute atomic E-state index is 0.114. The predicted molar refractivity (Wildman–Crippen MR) is 87.5 cm³/mol. The Morgan fingerprint density at radius 2 is 1.88 bits per heavy atom. The maximum Gasteiger partial charge on any atom is 0.318 e. The van der Waals surface area contributed by atoms with Gasteiger partial charge >= 0.3 is 6.01 Å². The van der Waals surface area contributed by atoms with Crippen LogP contribution >= 0.6 is 0 Å². The number of nitrogens with zero attached hydrogens (tertiary/aromatic N) is 4. The number of aromatic nitrogens is 2. The van der Waals surface area contributed by atoms with E-state index in [4.69, 9.17) is 9.15 Å². The number of anilines is 1. The van der Waals surface area contributed by atoms with Crippen molar-refractivity contribution in [2.24, 2.45) is 0 Å². The molecule has 24 heavy (non-hydrogen) atoms. The normalized spacial score (nSPS) is 21.2. The van der Waals surface area contributed by atoms with Crippen molar-refractivity contribution in [3.05, 3.63) is 30.3 Å². The zero-order valence-corrected chi connectivity index (χ0v) is 13.4. The van der Waals surface area contributed by atoms with Gasteiger partial charge < -0.3 is 19.0 Å². The molecule has 1 amide bonds. The van der Waals surface area contributed by atoms with Gasteiger partial charge in [0.05, 0.1) is 0 Å². The van der Waals surface area contributed by atoms with Gasteiger partial charge in [0.25, 0.3) is 5.91 Å². The zero-order chi connectivity index (χ0) is 16.4. The van der Waals surface area contributed by atoms with E-state index in [1.165, 1.54) is 0 Å². The van der Waals surface area contributed by atoms with Crippen molar-refractivity contribution in [3.63, 3.8) is 0 Å². The Hall–Kier alpha value is -2.41. The van der Waals surface area contributed by atoms with Crippen LogP contribution < -0.4 is 4.90 Å². The van der Waals surface area contributed by atoms with Crippen LogP contribution in [0, 0.1) is 0 Å². The molecule has 0 saturated carbocycles. The van der Waals surface area contributed by atoms with E-state index < -0.39 is 0 Å². The molecule has 0 aliphatic carbocycles. The van der Waals surface area contributed by atoms with Gasteiger partial charge in [-0.15, -0.1) is 5.10 Å². The van der Waals surface area contributed by atoms with E-state index in [1.807, 2.05) is 40.1 Å². The number of hydrogen-bond donors (Lipinski definition) is 0. The van der Waals surface area contributed by atoms with Gasteiger partial charge in [0.15, 0.2) is 0 Å². The van der Waals surface area contributed by atoms with Crippen LogP contribution in [-0.2, 0) is 9.53 Å². The molecule has 2 aliphatic heterocycles. The van der Waals surface area contributed by atoms with E-state index >= 15 is 0 Å². The zero-order valence-electron chi connectivity index (χ0n) is 13.4. The van der Waals surface area contributed by atoms with Gasteiger partial charge in [0, 0.05) is 38.3 Å². The maximum absolute atomic E-state index is 12.4. The summed E-state index contributed by atoms with van der Waals surface area (Å²) < 4.78 is 11.3. The summed E-state index contributed by atoms with van der Waals surface area (Å²) in [6.07, 6.45) is 1.56. The van der Waals surface area contributed by atoms with Crippen molar-refractivity contribution >= 4 is 11.9 Å². The minimum atomic E-state index is -0.246. The fourth-order valence-electron chi connectivity index (χ4n) is 3.13. The maximum atomic E-state index is 12.4. The molecule has 1 aromatic carbocycles. The summed E-state index contributed by atoms with van der Waals surface area (Å²) in [7, 11) is 0. The summed E-state index contributed by atoms with van der Waals surface area (Å²) in [5, 5.41) is 8.26. The number of piperazine rings is 1. The number of ether oxygens (including phenoxy) is 1. The second-order valence-electron chi connectivity index (χ2n) is 6.07. The number of carbonyl (C=O) groups excluding carboxylic acids is 1. The van der Waals surface area contributed by atoms with Gasteiger partial charge in [-0.2, -0.15) is 0 Å². The van der Waals surface area contributed by atoms with E-state index in [0.29, 0.717) is 44.7 Å². The van der Waals surface area contributed by atoms with Crippen LogP contribution in [0.3, 0.4) is 0 Å². The average molecular weight is 328 g/mol. The molecule has 2 saturated heterocycles. The summed E-state index contributed by atoms with van der Waals surface area (Å²) in [6, 6.07) is 10.2. The lowest BCUT2D eigenvalue weighted by Crippen LogP contribution is -2.51. The Labute approximate surface area is 140 Å². The van der Waals surface area contributed by atoms with Crippen LogP contribution in [0.2, 0.25) is 0 Å². The quantitative estimate of drug-likeness (QED) is 0.851. The van der Waals surface area contributed by atoms with E-state index in [9.17, 15) is 4.79 Å². The summed E-state index contributed by atoms with van der Waals surface area (Å²) in [6.45, 7) is 3.38. The van der Waals surface area contributed by atoms with Crippen molar-refractivity contribution in [1.29, 1.82) is 0 Å². The lowest BCUT2D eigenvalue weighted by Gasteiger charge is -2.34. The first kappa shape index (κ1) is 15.1. The Morgan fingerprint density at radius 1 is 1.08 bits per heavy atom. The molecular weight excluding hydrogens is 308 g/mol. The van der Waals surface area contributed by atoms with Gasteiger partial charge in [0.1, 0.15) is 6.10 Å². The smallest absolute Gasteiger partial charge is 0.318 e. The van der Waals surface area contributed by atoms with Crippen LogP contribution in [0.1, 0.15) is 12.8 Å². The molecule has 4 rings (SSSR count). The van der Waals surface area contributed by atoms with Gasteiger partial charge in [-0.25, -0.2) is 0 Å². The second-order valence-corrected chi connectivity index (χ2v) is 6.07. The van der Waals surface area contributed by atoms with Gasteiger partial charge in [-0.3, -0.25) is 4.79 Å². The topological polar surface area (TPSA) is 71.7 Å². The molecule has 3 heterocycles. The standard InChI is InChI=1S/C17H20N4O3/c22-16(14-7-4-12-23-14)20-8-10-21(11-9-20)17-19-18-15(24-17)13-5-2-1-3-6-13/h1-3,5-6,14H,4,7-12H2. The third-order valence-corrected chi connectivity index (χ3v) is 4.50. The molecule has 1 aromatic heterocycles. The second kappa shape index (κ2) is 6.60. The summed E-state index contributed by atoms with van der Waals surface area (Å²) in [4.78, 5) is 16.3. The van der Waals surface area contributed by atoms with E-state index in [1.54, 1.807) is 0 Å². The van der Waals surface area contributed by atoms with Crippen LogP contribution in [-0.4, -0.2) is 59.9 Å². The lowest BCUT2D eigenvalue weighted by atomic mass is 10.2. The summed E-state index contributed by atoms with van der Waals surface area (Å²) in [5.41, 5.74) is 0.906. The van der Waals surface area contributed by atoms with E-state index in [2.05, 4.69) is 10.2 Å². The molecule has 0 spiro atoms. The largest absolute Gasteiger partial charge is 0.403 e. The van der Waals surface area contributed by atoms with Gasteiger partial charge in [-0.05, 0) is 25.0 Å². The minimum Gasteiger partial charge on any atom is -0.403 e. The third-order valence-electron chi connectivity index (χ3n) is 4.50. The fourth-order valence-corrected chi connectivity index (χ4v) is 3.13. The molecule has 7 heteroatoms. The fraction of sp³-hybridized carbons (Fsp3) is 0.471. The Kier molecular flexibility index (Phi) is 4.17. The first-order valence-electron chi connectivity index (χ1n) is 8.35. The van der Waals surface area contributed by atoms with Crippen molar-refractivity contribution in [3.8, 4) is 11.5 Å². The number of rotatable bonds is 3. The third kappa shape index (κ3) is 2.99. The number of carbonyl (C=O) groups is 1. The van der Waals surface area contributed by atoms with Crippen molar-refractivity contribution < 1.29 is 13.9 Å². The number of amides is 1. The molecule has 126 valence electrons. The average Bonchev–Trinajstić information content (AvgIpc) is 3.34. The highest BCUT2D eigenvalue weighted by atomic mass is 16.5. The summed E-state index contributed by atoms with van der Waals surface area (Å²) >= 11 is 0. The van der Waals surface area contributed by atoms with Crippen molar-refractivity contribution in [2.75, 3.05) is 37.7 Å². The number of hydrogen-bond acceptors (Lipinski definition) is 6.